The minimum atomic E-state index is -2.47. The summed E-state index contributed by atoms with van der Waals surface area (Å²) in [6, 6.07) is 0. The molecule has 0 aromatic heterocycles. The van der Waals surface area contributed by atoms with Gasteiger partial charge in [-0.15, -0.1) is 0 Å². The molecule has 72 valence electrons. The highest BCUT2D eigenvalue weighted by molar-refractivity contribution is 5.76. The molecular formula is C8H14F2O2. The lowest BCUT2D eigenvalue weighted by atomic mass is 9.90. The fourth-order valence-electron chi connectivity index (χ4n) is 0.893. The summed E-state index contributed by atoms with van der Waals surface area (Å²) < 4.78 is 26.2. The highest BCUT2D eigenvalue weighted by Gasteiger charge is 2.40. The second-order valence-corrected chi connectivity index (χ2v) is 3.45. The zero-order valence-electron chi connectivity index (χ0n) is 7.53. The van der Waals surface area contributed by atoms with Crippen LogP contribution in [0.5, 0.6) is 0 Å². The van der Waals surface area contributed by atoms with Gasteiger partial charge >= 0.3 is 5.97 Å². The van der Waals surface area contributed by atoms with Crippen molar-refractivity contribution in [3.63, 3.8) is 0 Å². The molecule has 0 aromatic rings. The molecule has 0 saturated heterocycles. The van der Waals surface area contributed by atoms with Crippen molar-refractivity contribution in [2.75, 3.05) is 0 Å². The Hall–Kier alpha value is -0.670. The van der Waals surface area contributed by atoms with Crippen molar-refractivity contribution in [1.82, 2.24) is 0 Å². The van der Waals surface area contributed by atoms with Gasteiger partial charge in [0.1, 0.15) is 5.67 Å². The van der Waals surface area contributed by atoms with E-state index in [2.05, 4.69) is 0 Å². The monoisotopic (exact) mass is 180 g/mol. The van der Waals surface area contributed by atoms with E-state index in [0.717, 1.165) is 6.92 Å². The summed E-state index contributed by atoms with van der Waals surface area (Å²) in [7, 11) is 0. The molecule has 2 unspecified atom stereocenters. The van der Waals surface area contributed by atoms with E-state index in [-0.39, 0.29) is 6.42 Å². The SMILES string of the molecule is CCC(C)(F)CC(C)(F)C(=O)O. The normalized spacial score (nSPS) is 21.1. The minimum absolute atomic E-state index is 0.111. The Kier molecular flexibility index (Phi) is 3.18. The first-order valence-corrected chi connectivity index (χ1v) is 3.82. The van der Waals surface area contributed by atoms with Crippen LogP contribution >= 0.6 is 0 Å². The maximum atomic E-state index is 13.2. The molecule has 0 aliphatic heterocycles. The van der Waals surface area contributed by atoms with Crippen molar-refractivity contribution < 1.29 is 18.7 Å². The number of carboxylic acids is 1. The van der Waals surface area contributed by atoms with Crippen molar-refractivity contribution in [2.24, 2.45) is 0 Å². The van der Waals surface area contributed by atoms with E-state index in [1.54, 1.807) is 6.92 Å². The quantitative estimate of drug-likeness (QED) is 0.720. The van der Waals surface area contributed by atoms with Gasteiger partial charge in [-0.05, 0) is 20.3 Å². The number of alkyl halides is 2. The van der Waals surface area contributed by atoms with Crippen molar-refractivity contribution in [3.8, 4) is 0 Å². The van der Waals surface area contributed by atoms with Crippen molar-refractivity contribution in [2.45, 2.75) is 45.0 Å². The first kappa shape index (κ1) is 11.3. The Labute approximate surface area is 70.6 Å². The molecule has 0 fully saturated rings. The fourth-order valence-corrected chi connectivity index (χ4v) is 0.893. The zero-order chi connectivity index (χ0) is 9.99. The summed E-state index contributed by atoms with van der Waals surface area (Å²) in [6.45, 7) is 3.63. The smallest absolute Gasteiger partial charge is 0.341 e. The molecule has 0 bridgehead atoms. The van der Waals surface area contributed by atoms with Crippen LogP contribution in [0, 0.1) is 0 Å². The summed E-state index contributed by atoms with van der Waals surface area (Å²) in [4.78, 5) is 10.3. The Morgan fingerprint density at radius 3 is 2.08 bits per heavy atom. The molecule has 0 rings (SSSR count). The molecule has 2 atom stereocenters. The lowest BCUT2D eigenvalue weighted by molar-refractivity contribution is -0.152. The highest BCUT2D eigenvalue weighted by Crippen LogP contribution is 2.29. The molecule has 1 N–H and O–H groups in total. The van der Waals surface area contributed by atoms with E-state index in [9.17, 15) is 13.6 Å². The summed E-state index contributed by atoms with van der Waals surface area (Å²) in [5.41, 5.74) is -4.22. The molecule has 2 nitrogen and oxygen atoms in total. The average molecular weight is 180 g/mol. The van der Waals surface area contributed by atoms with Crippen LogP contribution < -0.4 is 0 Å². The third-order valence-electron chi connectivity index (χ3n) is 1.88. The largest absolute Gasteiger partial charge is 0.479 e. The van der Waals surface area contributed by atoms with E-state index < -0.39 is 23.7 Å². The predicted octanol–water partition coefficient (Wildman–Crippen LogP) is 2.33. The molecule has 0 radical (unpaired) electrons. The first-order valence-electron chi connectivity index (χ1n) is 3.82. The number of hydrogen-bond donors (Lipinski definition) is 1. The third-order valence-corrected chi connectivity index (χ3v) is 1.88. The summed E-state index contributed by atoms with van der Waals surface area (Å²) >= 11 is 0. The van der Waals surface area contributed by atoms with Gasteiger partial charge in [0.05, 0.1) is 0 Å². The zero-order valence-corrected chi connectivity index (χ0v) is 7.53. The van der Waals surface area contributed by atoms with Gasteiger partial charge in [0.15, 0.2) is 0 Å². The van der Waals surface area contributed by atoms with Crippen LogP contribution in [0.2, 0.25) is 0 Å². The number of carbonyl (C=O) groups is 1. The molecule has 0 heterocycles. The van der Waals surface area contributed by atoms with E-state index >= 15 is 0 Å². The molecular weight excluding hydrogens is 166 g/mol. The molecule has 0 aromatic carbocycles. The molecule has 12 heavy (non-hydrogen) atoms. The number of carboxylic acid groups (broad SMARTS) is 1. The second-order valence-electron chi connectivity index (χ2n) is 3.45. The fraction of sp³-hybridized carbons (Fsp3) is 0.875. The standard InChI is InChI=1S/C8H14F2O2/c1-4-7(2,9)5-8(3,10)6(11)12/h4-5H2,1-3H3,(H,11,12). The van der Waals surface area contributed by atoms with E-state index in [1.165, 1.54) is 6.92 Å². The maximum absolute atomic E-state index is 13.2. The average Bonchev–Trinajstić information content (AvgIpc) is 1.85. The molecule has 0 spiro atoms. The van der Waals surface area contributed by atoms with Gasteiger partial charge in [-0.2, -0.15) is 0 Å². The summed E-state index contributed by atoms with van der Waals surface area (Å²) in [5.74, 6) is -1.61. The Morgan fingerprint density at radius 2 is 1.83 bits per heavy atom. The maximum Gasteiger partial charge on any atom is 0.341 e. The van der Waals surface area contributed by atoms with Crippen LogP contribution in [0.25, 0.3) is 0 Å². The van der Waals surface area contributed by atoms with Gasteiger partial charge in [0.2, 0.25) is 5.67 Å². The number of aliphatic carboxylic acids is 1. The molecule has 0 amide bonds. The van der Waals surface area contributed by atoms with Crippen LogP contribution in [0.4, 0.5) is 8.78 Å². The van der Waals surface area contributed by atoms with Gasteiger partial charge in [-0.1, -0.05) is 6.92 Å². The van der Waals surface area contributed by atoms with Gasteiger partial charge in [-0.3, -0.25) is 0 Å². The van der Waals surface area contributed by atoms with Crippen LogP contribution in [0.1, 0.15) is 33.6 Å². The lowest BCUT2D eigenvalue weighted by Crippen LogP contribution is -2.37. The topological polar surface area (TPSA) is 37.3 Å². The summed E-state index contributed by atoms with van der Waals surface area (Å²) in [5, 5.41) is 8.36. The molecule has 4 heteroatoms. The number of halogens is 2. The van der Waals surface area contributed by atoms with E-state index in [4.69, 9.17) is 5.11 Å². The van der Waals surface area contributed by atoms with Crippen LogP contribution in [0.3, 0.4) is 0 Å². The predicted molar refractivity (Wildman–Crippen MR) is 41.6 cm³/mol. The number of hydrogen-bond acceptors (Lipinski definition) is 1. The van der Waals surface area contributed by atoms with Gasteiger partial charge in [0.25, 0.3) is 0 Å². The van der Waals surface area contributed by atoms with Crippen molar-refractivity contribution in [3.05, 3.63) is 0 Å². The van der Waals surface area contributed by atoms with Crippen molar-refractivity contribution in [1.29, 1.82) is 0 Å². The van der Waals surface area contributed by atoms with Crippen LogP contribution in [-0.2, 0) is 4.79 Å². The Balaban J connectivity index is 4.34. The van der Waals surface area contributed by atoms with E-state index in [1.807, 2.05) is 0 Å². The lowest BCUT2D eigenvalue weighted by Gasteiger charge is -2.24. The third kappa shape index (κ3) is 3.15. The first-order chi connectivity index (χ1) is 5.21. The van der Waals surface area contributed by atoms with Gasteiger partial charge in [-0.25, -0.2) is 13.6 Å². The van der Waals surface area contributed by atoms with Gasteiger partial charge < -0.3 is 5.11 Å². The van der Waals surface area contributed by atoms with Crippen molar-refractivity contribution >= 4 is 5.97 Å². The Morgan fingerprint density at radius 1 is 1.42 bits per heavy atom. The number of rotatable bonds is 4. The van der Waals surface area contributed by atoms with Gasteiger partial charge in [0, 0.05) is 6.42 Å². The molecule has 0 aliphatic carbocycles. The Bertz CT molecular complexity index is 176. The molecule has 0 aliphatic rings. The minimum Gasteiger partial charge on any atom is -0.479 e. The molecule has 0 saturated carbocycles. The van der Waals surface area contributed by atoms with Crippen LogP contribution in [0.15, 0.2) is 0 Å². The van der Waals surface area contributed by atoms with E-state index in [0.29, 0.717) is 0 Å². The highest BCUT2D eigenvalue weighted by atomic mass is 19.2. The second kappa shape index (κ2) is 3.37. The van der Waals surface area contributed by atoms with Crippen LogP contribution in [-0.4, -0.2) is 22.4 Å². The summed E-state index contributed by atoms with van der Waals surface area (Å²) in [6.07, 6.45) is -0.494.